The number of nitrogens with one attached hydrogen (secondary N) is 1. The van der Waals surface area contributed by atoms with Gasteiger partial charge in [-0.25, -0.2) is 13.1 Å². The molecule has 1 heterocycles. The Labute approximate surface area is 170 Å². The maximum atomic E-state index is 12.9. The van der Waals surface area contributed by atoms with Gasteiger partial charge in [0.15, 0.2) is 0 Å². The van der Waals surface area contributed by atoms with Crippen LogP contribution in [0.1, 0.15) is 5.69 Å². The Hall–Kier alpha value is -1.93. The Kier molecular flexibility index (Phi) is 5.31. The van der Waals surface area contributed by atoms with Gasteiger partial charge >= 0.3 is 0 Å². The first-order chi connectivity index (χ1) is 12.6. The smallest absolute Gasteiger partial charge is 0.283 e. The molecule has 0 atom stereocenters. The van der Waals surface area contributed by atoms with Crippen LogP contribution in [-0.2, 0) is 17.1 Å². The summed E-state index contributed by atoms with van der Waals surface area (Å²) >= 11 is 17.8. The predicted molar refractivity (Wildman–Crippen MR) is 108 cm³/mol. The molecule has 0 aliphatic heterocycles. The van der Waals surface area contributed by atoms with E-state index in [-0.39, 0.29) is 25.7 Å². The Balaban J connectivity index is 2.12. The molecule has 0 aliphatic carbocycles. The minimum atomic E-state index is -4.17. The second kappa shape index (κ2) is 7.24. The van der Waals surface area contributed by atoms with Gasteiger partial charge in [0.2, 0.25) is 0 Å². The summed E-state index contributed by atoms with van der Waals surface area (Å²) in [7, 11) is -2.51. The van der Waals surface area contributed by atoms with Crippen molar-refractivity contribution in [3.05, 3.63) is 73.6 Å². The highest BCUT2D eigenvalue weighted by molar-refractivity contribution is 7.92. The number of benzene rings is 2. The van der Waals surface area contributed by atoms with E-state index >= 15 is 0 Å². The van der Waals surface area contributed by atoms with E-state index in [4.69, 9.17) is 34.8 Å². The predicted octanol–water partition coefficient (Wildman–Crippen LogP) is 4.25. The number of halogens is 3. The van der Waals surface area contributed by atoms with Crippen LogP contribution in [0.5, 0.6) is 0 Å². The number of aromatic nitrogens is 2. The summed E-state index contributed by atoms with van der Waals surface area (Å²) in [6.07, 6.45) is 0. The highest BCUT2D eigenvalue weighted by Gasteiger charge is 2.25. The molecule has 0 bridgehead atoms. The molecule has 27 heavy (non-hydrogen) atoms. The summed E-state index contributed by atoms with van der Waals surface area (Å²) in [5.74, 6) is 0. The van der Waals surface area contributed by atoms with Crippen LogP contribution in [0.2, 0.25) is 15.1 Å². The van der Waals surface area contributed by atoms with Gasteiger partial charge in [0.05, 0.1) is 26.4 Å². The van der Waals surface area contributed by atoms with Gasteiger partial charge in [-0.2, -0.15) is 0 Å². The van der Waals surface area contributed by atoms with Gasteiger partial charge in [-0.05, 0) is 31.2 Å². The number of rotatable bonds is 4. The van der Waals surface area contributed by atoms with Crippen LogP contribution in [0.3, 0.4) is 0 Å². The van der Waals surface area contributed by atoms with Crippen molar-refractivity contribution in [1.29, 1.82) is 0 Å². The van der Waals surface area contributed by atoms with E-state index in [0.717, 1.165) is 0 Å². The largest absolute Gasteiger partial charge is 0.296 e. The van der Waals surface area contributed by atoms with Crippen molar-refractivity contribution in [2.24, 2.45) is 7.05 Å². The van der Waals surface area contributed by atoms with Crippen molar-refractivity contribution in [1.82, 2.24) is 9.36 Å². The van der Waals surface area contributed by atoms with E-state index in [0.29, 0.717) is 11.4 Å². The highest BCUT2D eigenvalue weighted by atomic mass is 35.5. The number of nitrogens with zero attached hydrogens (tertiary/aromatic N) is 2. The van der Waals surface area contributed by atoms with E-state index in [1.807, 2.05) is 6.07 Å². The van der Waals surface area contributed by atoms with Crippen LogP contribution in [0.15, 0.2) is 52.2 Å². The summed E-state index contributed by atoms with van der Waals surface area (Å²) in [5, 5.41) is -0.163. The van der Waals surface area contributed by atoms with Crippen molar-refractivity contribution < 1.29 is 8.42 Å². The van der Waals surface area contributed by atoms with Crippen LogP contribution in [0.25, 0.3) is 5.69 Å². The lowest BCUT2D eigenvalue weighted by molar-refractivity contribution is 0.601. The molecule has 142 valence electrons. The molecule has 0 aliphatic rings. The first-order valence-corrected chi connectivity index (χ1v) is 10.3. The van der Waals surface area contributed by atoms with Crippen molar-refractivity contribution in [2.45, 2.75) is 11.8 Å². The summed E-state index contributed by atoms with van der Waals surface area (Å²) in [4.78, 5) is 12.6. The zero-order valence-corrected chi connectivity index (χ0v) is 17.3. The molecule has 0 spiro atoms. The highest BCUT2D eigenvalue weighted by Crippen LogP contribution is 2.35. The molecule has 3 aromatic rings. The van der Waals surface area contributed by atoms with Crippen molar-refractivity contribution >= 4 is 50.5 Å². The lowest BCUT2D eigenvalue weighted by atomic mass is 10.3. The zero-order valence-electron chi connectivity index (χ0n) is 14.2. The van der Waals surface area contributed by atoms with Crippen molar-refractivity contribution in [2.75, 3.05) is 4.72 Å². The standard InChI is InChI=1S/C17H14Cl3N3O3S/c1-10-16(17(24)23(22(10)2)11-6-4-3-5-7-11)21-27(25,26)13-9-8-12(18)14(19)15(13)20/h3-9,21H,1-2H3. The van der Waals surface area contributed by atoms with Crippen LogP contribution in [0, 0.1) is 6.92 Å². The molecular formula is C17H14Cl3N3O3S. The zero-order chi connectivity index (χ0) is 19.9. The summed E-state index contributed by atoms with van der Waals surface area (Å²) in [6.45, 7) is 1.63. The third kappa shape index (κ3) is 3.48. The van der Waals surface area contributed by atoms with Gasteiger partial charge in [0, 0.05) is 7.05 Å². The van der Waals surface area contributed by atoms with E-state index in [2.05, 4.69) is 4.72 Å². The molecule has 0 saturated carbocycles. The van der Waals surface area contributed by atoms with Crippen LogP contribution < -0.4 is 10.3 Å². The molecule has 1 aromatic heterocycles. The number of para-hydroxylation sites is 1. The molecule has 0 radical (unpaired) electrons. The van der Waals surface area contributed by atoms with Gasteiger partial charge in [-0.3, -0.25) is 14.2 Å². The monoisotopic (exact) mass is 445 g/mol. The fourth-order valence-electron chi connectivity index (χ4n) is 2.59. The molecule has 1 N–H and O–H groups in total. The van der Waals surface area contributed by atoms with E-state index in [1.54, 1.807) is 42.9 Å². The SMILES string of the molecule is Cc1c(NS(=O)(=O)c2ccc(Cl)c(Cl)c2Cl)c(=O)n(-c2ccccc2)n1C. The first-order valence-electron chi connectivity index (χ1n) is 7.65. The fraction of sp³-hybridized carbons (Fsp3) is 0.118. The van der Waals surface area contributed by atoms with E-state index in [9.17, 15) is 13.2 Å². The van der Waals surface area contributed by atoms with Gasteiger partial charge in [0.1, 0.15) is 10.6 Å². The molecule has 0 fully saturated rings. The second-order valence-electron chi connectivity index (χ2n) is 5.72. The van der Waals surface area contributed by atoms with Crippen molar-refractivity contribution in [3.63, 3.8) is 0 Å². The topological polar surface area (TPSA) is 73.1 Å². The summed E-state index contributed by atoms with van der Waals surface area (Å²) in [5.41, 5.74) is 0.444. The molecule has 10 heteroatoms. The number of anilines is 1. The number of hydrogen-bond donors (Lipinski definition) is 1. The maximum Gasteiger partial charge on any atom is 0.296 e. The average Bonchev–Trinajstić information content (AvgIpc) is 2.83. The van der Waals surface area contributed by atoms with Crippen LogP contribution >= 0.6 is 34.8 Å². The van der Waals surface area contributed by atoms with Gasteiger partial charge in [-0.1, -0.05) is 53.0 Å². The first kappa shape index (κ1) is 19.8. The van der Waals surface area contributed by atoms with Crippen LogP contribution in [0.4, 0.5) is 5.69 Å². The Morgan fingerprint density at radius 3 is 2.22 bits per heavy atom. The lowest BCUT2D eigenvalue weighted by Gasteiger charge is -2.10. The molecule has 6 nitrogen and oxygen atoms in total. The lowest BCUT2D eigenvalue weighted by Crippen LogP contribution is -2.23. The molecule has 0 amide bonds. The molecule has 0 saturated heterocycles. The molecule has 2 aromatic carbocycles. The number of sulfonamides is 1. The maximum absolute atomic E-state index is 12.9. The molecule has 3 rings (SSSR count). The summed E-state index contributed by atoms with van der Waals surface area (Å²) < 4.78 is 30.8. The van der Waals surface area contributed by atoms with Crippen LogP contribution in [-0.4, -0.2) is 17.8 Å². The van der Waals surface area contributed by atoms with Crippen molar-refractivity contribution in [3.8, 4) is 5.69 Å². The average molecular weight is 447 g/mol. The van der Waals surface area contributed by atoms with E-state index < -0.39 is 15.6 Å². The number of hydrogen-bond acceptors (Lipinski definition) is 3. The minimum absolute atomic E-state index is 0.0762. The fourth-order valence-corrected chi connectivity index (χ4v) is 4.69. The Morgan fingerprint density at radius 1 is 0.963 bits per heavy atom. The van der Waals surface area contributed by atoms with Gasteiger partial charge in [-0.15, -0.1) is 0 Å². The summed E-state index contributed by atoms with van der Waals surface area (Å²) in [6, 6.07) is 11.4. The molecular weight excluding hydrogens is 433 g/mol. The van der Waals surface area contributed by atoms with Gasteiger partial charge in [0.25, 0.3) is 15.6 Å². The van der Waals surface area contributed by atoms with E-state index in [1.165, 1.54) is 16.8 Å². The Morgan fingerprint density at radius 2 is 1.59 bits per heavy atom. The second-order valence-corrected chi connectivity index (χ2v) is 8.53. The Bertz CT molecular complexity index is 1190. The van der Waals surface area contributed by atoms with Gasteiger partial charge < -0.3 is 0 Å². The normalized spacial score (nSPS) is 11.6. The third-order valence-electron chi connectivity index (χ3n) is 4.08. The third-order valence-corrected chi connectivity index (χ3v) is 6.88. The molecule has 0 unspecified atom stereocenters. The minimum Gasteiger partial charge on any atom is -0.283 e. The quantitative estimate of drug-likeness (QED) is 0.609.